The fourth-order valence-electron chi connectivity index (χ4n) is 4.10. The van der Waals surface area contributed by atoms with Gasteiger partial charge in [0.25, 0.3) is 0 Å². The van der Waals surface area contributed by atoms with Crippen molar-refractivity contribution in [3.63, 3.8) is 0 Å². The summed E-state index contributed by atoms with van der Waals surface area (Å²) in [6, 6.07) is 10.5. The lowest BCUT2D eigenvalue weighted by Gasteiger charge is -2.31. The van der Waals surface area contributed by atoms with E-state index in [2.05, 4.69) is 0 Å². The first-order valence-corrected chi connectivity index (χ1v) is 8.38. The number of rotatable bonds is 0. The number of allylic oxidation sites excluding steroid dienone is 1. The third-order valence-corrected chi connectivity index (χ3v) is 5.33. The molecular formula is C20H12O6. The fourth-order valence-corrected chi connectivity index (χ4v) is 4.10. The molecule has 3 heterocycles. The molecule has 0 fully saturated rings. The van der Waals surface area contributed by atoms with E-state index in [1.54, 1.807) is 30.3 Å². The van der Waals surface area contributed by atoms with E-state index in [-0.39, 0.29) is 36.6 Å². The molecule has 0 saturated carbocycles. The quantitative estimate of drug-likeness (QED) is 0.729. The minimum atomic E-state index is -0.541. The van der Waals surface area contributed by atoms with Crippen LogP contribution in [-0.2, 0) is 4.74 Å². The van der Waals surface area contributed by atoms with Crippen LogP contribution in [-0.4, -0.2) is 31.1 Å². The first-order valence-electron chi connectivity index (χ1n) is 8.38. The number of benzene rings is 2. The van der Waals surface area contributed by atoms with Crippen LogP contribution in [0.4, 0.5) is 0 Å². The SMILES string of the molecule is O=C1C2=C(C(=O)c3ccccc31)C1Oc3cc4c(cc3C1CO2)OCO4. The van der Waals surface area contributed by atoms with Gasteiger partial charge in [-0.15, -0.1) is 0 Å². The highest BCUT2D eigenvalue weighted by molar-refractivity contribution is 6.26. The number of hydrogen-bond acceptors (Lipinski definition) is 6. The molecule has 0 bridgehead atoms. The molecule has 1 aliphatic carbocycles. The molecule has 2 unspecified atom stereocenters. The lowest BCUT2D eigenvalue weighted by atomic mass is 9.80. The molecule has 2 atom stereocenters. The summed E-state index contributed by atoms with van der Waals surface area (Å²) in [5.41, 5.74) is 1.99. The van der Waals surface area contributed by atoms with Crippen molar-refractivity contribution in [3.05, 3.63) is 64.4 Å². The van der Waals surface area contributed by atoms with E-state index in [1.165, 1.54) is 0 Å². The summed E-state index contributed by atoms with van der Waals surface area (Å²) >= 11 is 0. The van der Waals surface area contributed by atoms with E-state index in [9.17, 15) is 9.59 Å². The molecule has 128 valence electrons. The predicted molar refractivity (Wildman–Crippen MR) is 87.8 cm³/mol. The number of fused-ring (bicyclic) bond motifs is 6. The molecule has 0 spiro atoms. The summed E-state index contributed by atoms with van der Waals surface area (Å²) in [6.45, 7) is 0.458. The fraction of sp³-hybridized carbons (Fsp3) is 0.200. The Labute approximate surface area is 147 Å². The number of carbonyl (C=O) groups excluding carboxylic acids is 2. The predicted octanol–water partition coefficient (Wildman–Crippen LogP) is 2.62. The van der Waals surface area contributed by atoms with Gasteiger partial charge in [-0.3, -0.25) is 9.59 Å². The average Bonchev–Trinajstić information content (AvgIpc) is 3.27. The van der Waals surface area contributed by atoms with Crippen LogP contribution in [0.2, 0.25) is 0 Å². The Morgan fingerprint density at radius 2 is 1.58 bits per heavy atom. The maximum absolute atomic E-state index is 13.1. The Morgan fingerprint density at radius 3 is 2.38 bits per heavy atom. The zero-order valence-electron chi connectivity index (χ0n) is 13.5. The smallest absolute Gasteiger partial charge is 0.231 e. The summed E-state index contributed by atoms with van der Waals surface area (Å²) in [7, 11) is 0. The molecule has 26 heavy (non-hydrogen) atoms. The van der Waals surface area contributed by atoms with Crippen LogP contribution in [0.15, 0.2) is 47.7 Å². The molecule has 6 nitrogen and oxygen atoms in total. The van der Waals surface area contributed by atoms with Gasteiger partial charge in [-0.1, -0.05) is 24.3 Å². The molecule has 0 aromatic heterocycles. The zero-order chi connectivity index (χ0) is 17.4. The van der Waals surface area contributed by atoms with Crippen molar-refractivity contribution in [1.29, 1.82) is 0 Å². The molecule has 6 rings (SSSR count). The third kappa shape index (κ3) is 1.61. The van der Waals surface area contributed by atoms with Crippen LogP contribution in [0.1, 0.15) is 32.2 Å². The number of Topliss-reactive ketones (excluding diaryl/α,β-unsaturated/α-hetero) is 2. The Hall–Kier alpha value is -3.28. The van der Waals surface area contributed by atoms with Crippen molar-refractivity contribution < 1.29 is 28.5 Å². The maximum atomic E-state index is 13.1. The van der Waals surface area contributed by atoms with Crippen LogP contribution in [0.25, 0.3) is 0 Å². The van der Waals surface area contributed by atoms with Gasteiger partial charge in [0.1, 0.15) is 11.9 Å². The Morgan fingerprint density at radius 1 is 0.846 bits per heavy atom. The standard InChI is InChI=1S/C20H12O6/c21-17-9-3-1-2-4-10(9)18(22)20-16(17)19-12(7-23-20)11-5-14-15(25-8-24-14)6-13(11)26-19/h1-6,12,19H,7-8H2. The van der Waals surface area contributed by atoms with Crippen LogP contribution in [0, 0.1) is 0 Å². The lowest BCUT2D eigenvalue weighted by Crippen LogP contribution is -2.39. The first-order chi connectivity index (χ1) is 12.7. The van der Waals surface area contributed by atoms with Gasteiger partial charge in [-0.2, -0.15) is 0 Å². The Kier molecular flexibility index (Phi) is 2.50. The van der Waals surface area contributed by atoms with Crippen molar-refractivity contribution in [1.82, 2.24) is 0 Å². The summed E-state index contributed by atoms with van der Waals surface area (Å²) < 4.78 is 22.7. The van der Waals surface area contributed by atoms with Crippen molar-refractivity contribution in [3.8, 4) is 17.2 Å². The van der Waals surface area contributed by atoms with Gasteiger partial charge in [0.05, 0.1) is 18.1 Å². The highest BCUT2D eigenvalue weighted by atomic mass is 16.7. The summed E-state index contributed by atoms with van der Waals surface area (Å²) in [6.07, 6.45) is -0.541. The lowest BCUT2D eigenvalue weighted by molar-refractivity contribution is 0.0696. The largest absolute Gasteiger partial charge is 0.488 e. The minimum absolute atomic E-state index is 0.114. The molecule has 6 heteroatoms. The monoisotopic (exact) mass is 348 g/mol. The van der Waals surface area contributed by atoms with Gasteiger partial charge in [0.2, 0.25) is 12.6 Å². The Bertz CT molecular complexity index is 1050. The highest BCUT2D eigenvalue weighted by Gasteiger charge is 2.49. The second kappa shape index (κ2) is 4.66. The topological polar surface area (TPSA) is 71.1 Å². The zero-order valence-corrected chi connectivity index (χ0v) is 13.5. The minimum Gasteiger partial charge on any atom is -0.488 e. The van der Waals surface area contributed by atoms with E-state index in [0.29, 0.717) is 33.9 Å². The van der Waals surface area contributed by atoms with Crippen LogP contribution >= 0.6 is 0 Å². The molecule has 3 aliphatic heterocycles. The van der Waals surface area contributed by atoms with Crippen LogP contribution in [0.5, 0.6) is 17.2 Å². The molecule has 0 radical (unpaired) electrons. The van der Waals surface area contributed by atoms with E-state index >= 15 is 0 Å². The number of hydrogen-bond donors (Lipinski definition) is 0. The second-order valence-electron chi connectivity index (χ2n) is 6.65. The van der Waals surface area contributed by atoms with E-state index in [0.717, 1.165) is 5.56 Å². The Balaban J connectivity index is 1.49. The normalized spacial score (nSPS) is 24.3. The average molecular weight is 348 g/mol. The van der Waals surface area contributed by atoms with Crippen LogP contribution < -0.4 is 14.2 Å². The molecule has 0 amide bonds. The molecule has 0 saturated heterocycles. The van der Waals surface area contributed by atoms with Crippen molar-refractivity contribution in [2.45, 2.75) is 12.0 Å². The maximum Gasteiger partial charge on any atom is 0.231 e. The van der Waals surface area contributed by atoms with Crippen molar-refractivity contribution in [2.24, 2.45) is 0 Å². The second-order valence-corrected chi connectivity index (χ2v) is 6.65. The number of ether oxygens (including phenoxy) is 4. The summed E-state index contributed by atoms with van der Waals surface area (Å²) in [5, 5.41) is 0. The van der Waals surface area contributed by atoms with Crippen molar-refractivity contribution >= 4 is 11.6 Å². The molecular weight excluding hydrogens is 336 g/mol. The van der Waals surface area contributed by atoms with E-state index in [1.807, 2.05) is 6.07 Å². The summed E-state index contributed by atoms with van der Waals surface area (Å²) in [4.78, 5) is 25.9. The molecule has 4 aliphatic rings. The van der Waals surface area contributed by atoms with Crippen molar-refractivity contribution in [2.75, 3.05) is 13.4 Å². The molecule has 2 aromatic rings. The van der Waals surface area contributed by atoms with Gasteiger partial charge >= 0.3 is 0 Å². The van der Waals surface area contributed by atoms with Crippen LogP contribution in [0.3, 0.4) is 0 Å². The van der Waals surface area contributed by atoms with Gasteiger partial charge in [-0.25, -0.2) is 0 Å². The van der Waals surface area contributed by atoms with Gasteiger partial charge in [0, 0.05) is 22.8 Å². The molecule has 2 aromatic carbocycles. The van der Waals surface area contributed by atoms with E-state index in [4.69, 9.17) is 18.9 Å². The third-order valence-electron chi connectivity index (χ3n) is 5.33. The summed E-state index contributed by atoms with van der Waals surface area (Å²) in [5.74, 6) is 1.39. The van der Waals surface area contributed by atoms with Gasteiger partial charge in [-0.05, 0) is 6.07 Å². The van der Waals surface area contributed by atoms with Gasteiger partial charge < -0.3 is 18.9 Å². The molecule has 0 N–H and O–H groups in total. The number of ketones is 2. The number of carbonyl (C=O) groups is 2. The van der Waals surface area contributed by atoms with E-state index < -0.39 is 6.10 Å². The highest BCUT2D eigenvalue weighted by Crippen LogP contribution is 2.51. The van der Waals surface area contributed by atoms with Gasteiger partial charge in [0.15, 0.2) is 23.0 Å². The first kappa shape index (κ1) is 13.9.